The van der Waals surface area contributed by atoms with Gasteiger partial charge in [0.1, 0.15) is 17.2 Å². The lowest BCUT2D eigenvalue weighted by Gasteiger charge is -2.13. The minimum atomic E-state index is -0.250. The molecule has 2 unspecified atom stereocenters. The molecule has 0 spiro atoms. The summed E-state index contributed by atoms with van der Waals surface area (Å²) in [5.41, 5.74) is 6.78. The van der Waals surface area contributed by atoms with Gasteiger partial charge in [-0.25, -0.2) is 4.39 Å². The molecule has 0 radical (unpaired) electrons. The predicted octanol–water partition coefficient (Wildman–Crippen LogP) is 4.01. The van der Waals surface area contributed by atoms with Crippen molar-refractivity contribution in [3.8, 4) is 0 Å². The van der Waals surface area contributed by atoms with E-state index in [1.807, 2.05) is 6.07 Å². The Balaban J connectivity index is 2.24. The van der Waals surface area contributed by atoms with Crippen LogP contribution in [-0.4, -0.2) is 0 Å². The molecule has 2 aromatic rings. The molecule has 0 aliphatic rings. The van der Waals surface area contributed by atoms with Crippen molar-refractivity contribution in [1.29, 1.82) is 0 Å². The van der Waals surface area contributed by atoms with Crippen molar-refractivity contribution in [3.05, 3.63) is 35.8 Å². The second kappa shape index (κ2) is 4.88. The Morgan fingerprint density at radius 1 is 1.35 bits per heavy atom. The van der Waals surface area contributed by atoms with Crippen LogP contribution in [0.2, 0.25) is 0 Å². The second-order valence-corrected chi connectivity index (χ2v) is 4.69. The molecule has 0 fully saturated rings. The molecule has 1 aromatic carbocycles. The SMILES string of the molecule is CCC(C)CC(N)c1cc2cc(F)ccc2o1. The molecular weight excluding hydrogens is 217 g/mol. The topological polar surface area (TPSA) is 39.2 Å². The van der Waals surface area contributed by atoms with E-state index in [9.17, 15) is 4.39 Å². The smallest absolute Gasteiger partial charge is 0.134 e. The first-order chi connectivity index (χ1) is 8.10. The first-order valence-electron chi connectivity index (χ1n) is 6.04. The summed E-state index contributed by atoms with van der Waals surface area (Å²) in [7, 11) is 0. The average molecular weight is 235 g/mol. The van der Waals surface area contributed by atoms with Crippen molar-refractivity contribution in [2.24, 2.45) is 11.7 Å². The van der Waals surface area contributed by atoms with E-state index in [-0.39, 0.29) is 11.9 Å². The molecule has 2 atom stereocenters. The summed E-state index contributed by atoms with van der Waals surface area (Å²) < 4.78 is 18.7. The van der Waals surface area contributed by atoms with Gasteiger partial charge in [0.2, 0.25) is 0 Å². The quantitative estimate of drug-likeness (QED) is 0.869. The average Bonchev–Trinajstić information content (AvgIpc) is 2.71. The monoisotopic (exact) mass is 235 g/mol. The zero-order chi connectivity index (χ0) is 12.4. The van der Waals surface area contributed by atoms with Crippen LogP contribution in [0.15, 0.2) is 28.7 Å². The van der Waals surface area contributed by atoms with E-state index < -0.39 is 0 Å². The van der Waals surface area contributed by atoms with Crippen molar-refractivity contribution >= 4 is 11.0 Å². The summed E-state index contributed by atoms with van der Waals surface area (Å²) >= 11 is 0. The molecule has 0 saturated carbocycles. The molecule has 2 nitrogen and oxygen atoms in total. The van der Waals surface area contributed by atoms with E-state index in [2.05, 4.69) is 13.8 Å². The van der Waals surface area contributed by atoms with Crippen LogP contribution < -0.4 is 5.73 Å². The number of hydrogen-bond acceptors (Lipinski definition) is 2. The van der Waals surface area contributed by atoms with E-state index in [0.717, 1.165) is 24.0 Å². The normalized spacial score (nSPS) is 15.1. The third-order valence-electron chi connectivity index (χ3n) is 3.22. The van der Waals surface area contributed by atoms with Gasteiger partial charge in [0.15, 0.2) is 0 Å². The molecule has 0 aliphatic carbocycles. The van der Waals surface area contributed by atoms with Gasteiger partial charge in [-0.05, 0) is 36.6 Å². The Hall–Kier alpha value is -1.35. The zero-order valence-electron chi connectivity index (χ0n) is 10.2. The molecule has 92 valence electrons. The van der Waals surface area contributed by atoms with Gasteiger partial charge in [-0.15, -0.1) is 0 Å². The molecule has 0 bridgehead atoms. The first kappa shape index (κ1) is 12.1. The van der Waals surface area contributed by atoms with Crippen LogP contribution in [0, 0.1) is 11.7 Å². The number of hydrogen-bond donors (Lipinski definition) is 1. The first-order valence-corrected chi connectivity index (χ1v) is 6.04. The van der Waals surface area contributed by atoms with Gasteiger partial charge >= 0.3 is 0 Å². The standard InChI is InChI=1S/C14H18FNO/c1-3-9(2)6-12(16)14-8-10-7-11(15)4-5-13(10)17-14/h4-5,7-9,12H,3,6,16H2,1-2H3. The van der Waals surface area contributed by atoms with Gasteiger partial charge in [0.25, 0.3) is 0 Å². The number of furan rings is 1. The highest BCUT2D eigenvalue weighted by molar-refractivity contribution is 5.77. The molecule has 1 aromatic heterocycles. The third kappa shape index (κ3) is 2.67. The molecule has 3 heteroatoms. The molecule has 2 N–H and O–H groups in total. The fourth-order valence-electron chi connectivity index (χ4n) is 1.93. The Morgan fingerprint density at radius 2 is 2.12 bits per heavy atom. The molecular formula is C14H18FNO. The van der Waals surface area contributed by atoms with Gasteiger partial charge in [-0.1, -0.05) is 20.3 Å². The minimum Gasteiger partial charge on any atom is -0.459 e. The van der Waals surface area contributed by atoms with Gasteiger partial charge in [-0.3, -0.25) is 0 Å². The number of fused-ring (bicyclic) bond motifs is 1. The minimum absolute atomic E-state index is 0.111. The number of nitrogens with two attached hydrogens (primary N) is 1. The van der Waals surface area contributed by atoms with Gasteiger partial charge in [-0.2, -0.15) is 0 Å². The summed E-state index contributed by atoms with van der Waals surface area (Å²) in [4.78, 5) is 0. The van der Waals surface area contributed by atoms with E-state index in [1.54, 1.807) is 6.07 Å². The largest absolute Gasteiger partial charge is 0.459 e. The van der Waals surface area contributed by atoms with Crippen molar-refractivity contribution in [3.63, 3.8) is 0 Å². The Bertz CT molecular complexity index is 506. The molecule has 0 saturated heterocycles. The summed E-state index contributed by atoms with van der Waals surface area (Å²) in [5, 5.41) is 0.777. The Morgan fingerprint density at radius 3 is 2.82 bits per heavy atom. The molecule has 2 rings (SSSR count). The summed E-state index contributed by atoms with van der Waals surface area (Å²) in [6.07, 6.45) is 1.99. The molecule has 1 heterocycles. The number of rotatable bonds is 4. The summed E-state index contributed by atoms with van der Waals surface area (Å²) in [6.45, 7) is 4.31. The second-order valence-electron chi connectivity index (χ2n) is 4.69. The van der Waals surface area contributed by atoms with Gasteiger partial charge in [0, 0.05) is 5.39 Å². The lowest BCUT2D eigenvalue weighted by Crippen LogP contribution is -2.12. The summed E-state index contributed by atoms with van der Waals surface area (Å²) in [5.74, 6) is 1.06. The van der Waals surface area contributed by atoms with E-state index in [1.165, 1.54) is 12.1 Å². The highest BCUT2D eigenvalue weighted by Crippen LogP contribution is 2.27. The van der Waals surface area contributed by atoms with E-state index >= 15 is 0 Å². The van der Waals surface area contributed by atoms with Crippen molar-refractivity contribution in [2.75, 3.05) is 0 Å². The maximum atomic E-state index is 13.0. The van der Waals surface area contributed by atoms with Crippen LogP contribution in [0.5, 0.6) is 0 Å². The van der Waals surface area contributed by atoms with Crippen LogP contribution in [0.1, 0.15) is 38.5 Å². The maximum Gasteiger partial charge on any atom is 0.134 e. The van der Waals surface area contributed by atoms with Crippen molar-refractivity contribution < 1.29 is 8.81 Å². The Labute approximate surface area is 101 Å². The lowest BCUT2D eigenvalue weighted by atomic mass is 9.98. The van der Waals surface area contributed by atoms with E-state index in [4.69, 9.17) is 10.2 Å². The van der Waals surface area contributed by atoms with Crippen LogP contribution in [0.4, 0.5) is 4.39 Å². The highest BCUT2D eigenvalue weighted by atomic mass is 19.1. The van der Waals surface area contributed by atoms with Crippen LogP contribution in [0.3, 0.4) is 0 Å². The maximum absolute atomic E-state index is 13.0. The summed E-state index contributed by atoms with van der Waals surface area (Å²) in [6, 6.07) is 6.24. The third-order valence-corrected chi connectivity index (χ3v) is 3.22. The van der Waals surface area contributed by atoms with Crippen LogP contribution in [-0.2, 0) is 0 Å². The van der Waals surface area contributed by atoms with Crippen LogP contribution in [0.25, 0.3) is 11.0 Å². The fourth-order valence-corrected chi connectivity index (χ4v) is 1.93. The van der Waals surface area contributed by atoms with Gasteiger partial charge in [0.05, 0.1) is 6.04 Å². The van der Waals surface area contributed by atoms with Crippen LogP contribution >= 0.6 is 0 Å². The molecule has 0 amide bonds. The van der Waals surface area contributed by atoms with Crippen molar-refractivity contribution in [1.82, 2.24) is 0 Å². The fraction of sp³-hybridized carbons (Fsp3) is 0.429. The lowest BCUT2D eigenvalue weighted by molar-refractivity contribution is 0.408. The number of halogens is 1. The molecule has 0 aliphatic heterocycles. The van der Waals surface area contributed by atoms with E-state index in [0.29, 0.717) is 11.5 Å². The van der Waals surface area contributed by atoms with Crippen molar-refractivity contribution in [2.45, 2.75) is 32.7 Å². The number of benzene rings is 1. The predicted molar refractivity (Wildman–Crippen MR) is 67.2 cm³/mol. The zero-order valence-corrected chi connectivity index (χ0v) is 10.2. The molecule has 17 heavy (non-hydrogen) atoms. The highest BCUT2D eigenvalue weighted by Gasteiger charge is 2.14. The van der Waals surface area contributed by atoms with Gasteiger partial charge < -0.3 is 10.2 Å². The Kier molecular flexibility index (Phi) is 3.48.